The number of carbonyl (C=O) groups excluding carboxylic acids is 1. The summed E-state index contributed by atoms with van der Waals surface area (Å²) in [5.74, 6) is 0.210. The zero-order chi connectivity index (χ0) is 16.9. The second kappa shape index (κ2) is 7.68. The topological polar surface area (TPSA) is 61.8 Å². The number of nitrogens with zero attached hydrogens (tertiary/aromatic N) is 1. The standard InChI is InChI=1S/C18H22N2O3S/c1-13(10-16-6-3-9-24-16)19-18(22)20-7-8-23-17(12-20)14-4-2-5-15(21)11-14/h2-6,9,11,13,17,21H,7-8,10,12H2,1H3,(H,19,22). The third kappa shape index (κ3) is 4.27. The summed E-state index contributed by atoms with van der Waals surface area (Å²) < 4.78 is 5.76. The van der Waals surface area contributed by atoms with E-state index >= 15 is 0 Å². The number of phenolic OH excluding ortho intramolecular Hbond substituents is 1. The van der Waals surface area contributed by atoms with Crippen LogP contribution in [0, 0.1) is 0 Å². The number of morpholine rings is 1. The lowest BCUT2D eigenvalue weighted by Gasteiger charge is -2.34. The normalized spacial score (nSPS) is 19.0. The lowest BCUT2D eigenvalue weighted by atomic mass is 10.1. The van der Waals surface area contributed by atoms with E-state index in [-0.39, 0.29) is 23.9 Å². The molecule has 6 heteroatoms. The lowest BCUT2D eigenvalue weighted by molar-refractivity contribution is -0.0158. The molecule has 5 nitrogen and oxygen atoms in total. The molecule has 24 heavy (non-hydrogen) atoms. The average Bonchev–Trinajstić information content (AvgIpc) is 3.07. The van der Waals surface area contributed by atoms with E-state index in [1.54, 1.807) is 34.4 Å². The number of nitrogens with one attached hydrogen (secondary N) is 1. The van der Waals surface area contributed by atoms with Crippen LogP contribution in [0.2, 0.25) is 0 Å². The Bertz CT molecular complexity index is 675. The van der Waals surface area contributed by atoms with Crippen LogP contribution < -0.4 is 5.32 Å². The number of hydrogen-bond acceptors (Lipinski definition) is 4. The van der Waals surface area contributed by atoms with Crippen molar-refractivity contribution in [3.63, 3.8) is 0 Å². The summed E-state index contributed by atoms with van der Waals surface area (Å²) in [5, 5.41) is 14.7. The number of carbonyl (C=O) groups is 1. The van der Waals surface area contributed by atoms with Crippen LogP contribution >= 0.6 is 11.3 Å². The van der Waals surface area contributed by atoms with E-state index in [1.165, 1.54) is 4.88 Å². The second-order valence-electron chi connectivity index (χ2n) is 6.03. The molecule has 1 fully saturated rings. The maximum atomic E-state index is 12.5. The fourth-order valence-electron chi connectivity index (χ4n) is 2.84. The molecule has 1 saturated heterocycles. The zero-order valence-electron chi connectivity index (χ0n) is 13.6. The van der Waals surface area contributed by atoms with Gasteiger partial charge in [0.15, 0.2) is 0 Å². The van der Waals surface area contributed by atoms with Crippen LogP contribution in [0.25, 0.3) is 0 Å². The van der Waals surface area contributed by atoms with Gasteiger partial charge in [0.25, 0.3) is 0 Å². The molecule has 3 rings (SSSR count). The SMILES string of the molecule is CC(Cc1cccs1)NC(=O)N1CCOC(c2cccc(O)c2)C1. The molecule has 2 unspecified atom stereocenters. The van der Waals surface area contributed by atoms with Gasteiger partial charge in [0.05, 0.1) is 13.2 Å². The molecule has 0 saturated carbocycles. The molecule has 2 heterocycles. The van der Waals surface area contributed by atoms with E-state index in [1.807, 2.05) is 24.4 Å². The van der Waals surface area contributed by atoms with E-state index in [9.17, 15) is 9.90 Å². The third-order valence-electron chi connectivity index (χ3n) is 4.05. The molecule has 0 spiro atoms. The maximum absolute atomic E-state index is 12.5. The Labute approximate surface area is 145 Å². The van der Waals surface area contributed by atoms with Gasteiger partial charge in [-0.25, -0.2) is 4.79 Å². The van der Waals surface area contributed by atoms with Crippen molar-refractivity contribution in [3.05, 3.63) is 52.2 Å². The first-order valence-corrected chi connectivity index (χ1v) is 8.98. The highest BCUT2D eigenvalue weighted by atomic mass is 32.1. The Hall–Kier alpha value is -2.05. The maximum Gasteiger partial charge on any atom is 0.317 e. The van der Waals surface area contributed by atoms with Gasteiger partial charge in [0, 0.05) is 23.9 Å². The van der Waals surface area contributed by atoms with Crippen LogP contribution in [-0.4, -0.2) is 41.8 Å². The van der Waals surface area contributed by atoms with Crippen molar-refractivity contribution < 1.29 is 14.6 Å². The van der Waals surface area contributed by atoms with Gasteiger partial charge < -0.3 is 20.1 Å². The summed E-state index contributed by atoms with van der Waals surface area (Å²) >= 11 is 1.70. The number of rotatable bonds is 4. The highest BCUT2D eigenvalue weighted by Gasteiger charge is 2.26. The highest BCUT2D eigenvalue weighted by Crippen LogP contribution is 2.25. The Morgan fingerprint density at radius 3 is 3.08 bits per heavy atom. The molecule has 1 aliphatic heterocycles. The number of ether oxygens (including phenoxy) is 1. The van der Waals surface area contributed by atoms with Gasteiger partial charge >= 0.3 is 6.03 Å². The van der Waals surface area contributed by atoms with E-state index in [0.717, 1.165) is 12.0 Å². The molecular formula is C18H22N2O3S. The fourth-order valence-corrected chi connectivity index (χ4v) is 3.68. The van der Waals surface area contributed by atoms with Crippen LogP contribution in [-0.2, 0) is 11.2 Å². The van der Waals surface area contributed by atoms with E-state index in [0.29, 0.717) is 19.7 Å². The Kier molecular flexibility index (Phi) is 5.37. The molecule has 0 aliphatic carbocycles. The number of aromatic hydroxyl groups is 1. The Morgan fingerprint density at radius 1 is 1.46 bits per heavy atom. The largest absolute Gasteiger partial charge is 0.508 e. The van der Waals surface area contributed by atoms with E-state index in [2.05, 4.69) is 11.4 Å². The third-order valence-corrected chi connectivity index (χ3v) is 4.95. The van der Waals surface area contributed by atoms with Crippen molar-refractivity contribution in [1.82, 2.24) is 10.2 Å². The number of benzene rings is 1. The van der Waals surface area contributed by atoms with Gasteiger partial charge in [-0.3, -0.25) is 0 Å². The van der Waals surface area contributed by atoms with Gasteiger partial charge in [-0.05, 0) is 36.1 Å². The van der Waals surface area contributed by atoms with Crippen LogP contribution in [0.15, 0.2) is 41.8 Å². The molecule has 2 amide bonds. The predicted octanol–water partition coefficient (Wildman–Crippen LogP) is 3.17. The number of urea groups is 1. The van der Waals surface area contributed by atoms with Crippen LogP contribution in [0.4, 0.5) is 4.79 Å². The number of hydrogen-bond donors (Lipinski definition) is 2. The van der Waals surface area contributed by atoms with Crippen molar-refractivity contribution in [2.75, 3.05) is 19.7 Å². The van der Waals surface area contributed by atoms with E-state index < -0.39 is 0 Å². The van der Waals surface area contributed by atoms with Crippen molar-refractivity contribution in [1.29, 1.82) is 0 Å². The number of thiophene rings is 1. The van der Waals surface area contributed by atoms with Gasteiger partial charge in [-0.2, -0.15) is 0 Å². The molecule has 2 N–H and O–H groups in total. The summed E-state index contributed by atoms with van der Waals surface area (Å²) in [6, 6.07) is 11.1. The van der Waals surface area contributed by atoms with Crippen molar-refractivity contribution in [3.8, 4) is 5.75 Å². The molecule has 1 aromatic heterocycles. The molecule has 1 aromatic carbocycles. The first-order valence-electron chi connectivity index (χ1n) is 8.10. The van der Waals surface area contributed by atoms with Crippen molar-refractivity contribution in [2.24, 2.45) is 0 Å². The summed E-state index contributed by atoms with van der Waals surface area (Å²) in [5.41, 5.74) is 0.888. The molecule has 2 atom stereocenters. The molecule has 0 radical (unpaired) electrons. The second-order valence-corrected chi connectivity index (χ2v) is 7.07. The number of amides is 2. The lowest BCUT2D eigenvalue weighted by Crippen LogP contribution is -2.49. The van der Waals surface area contributed by atoms with Gasteiger partial charge in [0.1, 0.15) is 11.9 Å². The quantitative estimate of drug-likeness (QED) is 0.894. The Balaban J connectivity index is 1.56. The molecular weight excluding hydrogens is 324 g/mol. The highest BCUT2D eigenvalue weighted by molar-refractivity contribution is 7.09. The zero-order valence-corrected chi connectivity index (χ0v) is 14.5. The number of phenols is 1. The van der Waals surface area contributed by atoms with Crippen LogP contribution in [0.3, 0.4) is 0 Å². The predicted molar refractivity (Wildman–Crippen MR) is 94.4 cm³/mol. The fraction of sp³-hybridized carbons (Fsp3) is 0.389. The minimum atomic E-state index is -0.204. The van der Waals surface area contributed by atoms with Crippen LogP contribution in [0.1, 0.15) is 23.5 Å². The molecule has 2 aromatic rings. The van der Waals surface area contributed by atoms with Gasteiger partial charge in [0.2, 0.25) is 0 Å². The van der Waals surface area contributed by atoms with Gasteiger partial charge in [-0.15, -0.1) is 11.3 Å². The summed E-state index contributed by atoms with van der Waals surface area (Å²) in [7, 11) is 0. The monoisotopic (exact) mass is 346 g/mol. The first kappa shape index (κ1) is 16.8. The molecule has 128 valence electrons. The molecule has 0 bridgehead atoms. The smallest absolute Gasteiger partial charge is 0.317 e. The van der Waals surface area contributed by atoms with Crippen LogP contribution in [0.5, 0.6) is 5.75 Å². The van der Waals surface area contributed by atoms with Crippen molar-refractivity contribution in [2.45, 2.75) is 25.5 Å². The van der Waals surface area contributed by atoms with Crippen molar-refractivity contribution >= 4 is 17.4 Å². The summed E-state index contributed by atoms with van der Waals surface area (Å²) in [6.45, 7) is 3.58. The summed E-state index contributed by atoms with van der Waals surface area (Å²) in [4.78, 5) is 15.5. The minimum absolute atomic E-state index is 0.0625. The van der Waals surface area contributed by atoms with E-state index in [4.69, 9.17) is 4.74 Å². The summed E-state index contributed by atoms with van der Waals surface area (Å²) in [6.07, 6.45) is 0.633. The average molecular weight is 346 g/mol. The van der Waals surface area contributed by atoms with Gasteiger partial charge in [-0.1, -0.05) is 18.2 Å². The first-order chi connectivity index (χ1) is 11.6. The Morgan fingerprint density at radius 2 is 2.33 bits per heavy atom. The molecule has 1 aliphatic rings. The minimum Gasteiger partial charge on any atom is -0.508 e.